The number of nitrogens with one attached hydrogen (secondary N) is 1. The van der Waals surface area contributed by atoms with Crippen LogP contribution < -0.4 is 5.48 Å². The summed E-state index contributed by atoms with van der Waals surface area (Å²) in [7, 11) is 0. The minimum Gasteiger partial charge on any atom is -0.271 e. The zero-order chi connectivity index (χ0) is 8.10. The number of hydroxylamine groups is 1. The SMILES string of the molecule is C=C(C)CONC1=NCCC1. The standard InChI is InChI=1S/C8H14N2O/c1-7(2)6-11-10-8-4-3-5-9-8/h1,3-6H2,2H3,(H,9,10). The molecule has 1 rings (SSSR count). The van der Waals surface area contributed by atoms with Gasteiger partial charge in [0, 0.05) is 13.0 Å². The van der Waals surface area contributed by atoms with Crippen molar-refractivity contribution in [3.05, 3.63) is 12.2 Å². The minimum absolute atomic E-state index is 0.555. The van der Waals surface area contributed by atoms with Gasteiger partial charge in [-0.05, 0) is 13.3 Å². The lowest BCUT2D eigenvalue weighted by Crippen LogP contribution is -2.22. The molecule has 11 heavy (non-hydrogen) atoms. The van der Waals surface area contributed by atoms with Crippen LogP contribution in [0, 0.1) is 0 Å². The molecule has 0 spiro atoms. The Morgan fingerprint density at radius 1 is 1.82 bits per heavy atom. The first-order valence-corrected chi connectivity index (χ1v) is 3.84. The number of hydrogen-bond acceptors (Lipinski definition) is 3. The number of aliphatic imine (C=N–C) groups is 1. The summed E-state index contributed by atoms with van der Waals surface area (Å²) in [5.74, 6) is 0.964. The summed E-state index contributed by atoms with van der Waals surface area (Å²) in [6, 6.07) is 0. The molecule has 62 valence electrons. The van der Waals surface area contributed by atoms with Crippen LogP contribution in [0.2, 0.25) is 0 Å². The Bertz CT molecular complexity index is 175. The highest BCUT2D eigenvalue weighted by atomic mass is 16.6. The van der Waals surface area contributed by atoms with Crippen molar-refractivity contribution < 1.29 is 4.84 Å². The highest BCUT2D eigenvalue weighted by Gasteiger charge is 2.04. The molecule has 0 fully saturated rings. The van der Waals surface area contributed by atoms with Gasteiger partial charge in [0.15, 0.2) is 0 Å². The molecule has 0 unspecified atom stereocenters. The van der Waals surface area contributed by atoms with E-state index < -0.39 is 0 Å². The molecule has 0 bridgehead atoms. The molecule has 0 aromatic heterocycles. The van der Waals surface area contributed by atoms with Crippen LogP contribution in [0.15, 0.2) is 17.1 Å². The summed E-state index contributed by atoms with van der Waals surface area (Å²) in [5.41, 5.74) is 3.81. The van der Waals surface area contributed by atoms with Gasteiger partial charge in [-0.25, -0.2) is 0 Å². The van der Waals surface area contributed by atoms with E-state index in [-0.39, 0.29) is 0 Å². The molecule has 1 heterocycles. The molecule has 1 aliphatic heterocycles. The fourth-order valence-corrected chi connectivity index (χ4v) is 0.865. The zero-order valence-electron chi connectivity index (χ0n) is 6.89. The maximum atomic E-state index is 5.10. The van der Waals surface area contributed by atoms with Gasteiger partial charge in [-0.2, -0.15) is 0 Å². The van der Waals surface area contributed by atoms with Gasteiger partial charge in [-0.1, -0.05) is 12.2 Å². The Kier molecular flexibility index (Phi) is 3.11. The molecule has 0 saturated carbocycles. The van der Waals surface area contributed by atoms with Gasteiger partial charge in [-0.15, -0.1) is 0 Å². The molecular formula is C8H14N2O. The lowest BCUT2D eigenvalue weighted by atomic mass is 10.3. The molecule has 0 radical (unpaired) electrons. The predicted molar refractivity (Wildman–Crippen MR) is 45.4 cm³/mol. The topological polar surface area (TPSA) is 33.6 Å². The van der Waals surface area contributed by atoms with E-state index in [4.69, 9.17) is 4.84 Å². The maximum Gasteiger partial charge on any atom is 0.120 e. The van der Waals surface area contributed by atoms with Gasteiger partial charge >= 0.3 is 0 Å². The largest absolute Gasteiger partial charge is 0.271 e. The summed E-state index contributed by atoms with van der Waals surface area (Å²) in [4.78, 5) is 9.28. The first kappa shape index (κ1) is 8.27. The van der Waals surface area contributed by atoms with Crippen molar-refractivity contribution in [3.63, 3.8) is 0 Å². The number of amidine groups is 1. The van der Waals surface area contributed by atoms with E-state index in [0.29, 0.717) is 6.61 Å². The lowest BCUT2D eigenvalue weighted by molar-refractivity contribution is 0.104. The van der Waals surface area contributed by atoms with Crippen LogP contribution in [-0.4, -0.2) is 19.0 Å². The van der Waals surface area contributed by atoms with Gasteiger partial charge < -0.3 is 0 Å². The molecule has 0 aliphatic carbocycles. The lowest BCUT2D eigenvalue weighted by Gasteiger charge is -2.04. The smallest absolute Gasteiger partial charge is 0.120 e. The zero-order valence-corrected chi connectivity index (χ0v) is 6.89. The van der Waals surface area contributed by atoms with Gasteiger partial charge in [0.25, 0.3) is 0 Å². The van der Waals surface area contributed by atoms with Gasteiger partial charge in [-0.3, -0.25) is 15.3 Å². The molecule has 3 nitrogen and oxygen atoms in total. The normalized spacial score (nSPS) is 16.3. The van der Waals surface area contributed by atoms with Crippen molar-refractivity contribution in [2.75, 3.05) is 13.2 Å². The monoisotopic (exact) mass is 154 g/mol. The molecular weight excluding hydrogens is 140 g/mol. The van der Waals surface area contributed by atoms with Gasteiger partial charge in [0.05, 0.1) is 6.61 Å². The summed E-state index contributed by atoms with van der Waals surface area (Å²) >= 11 is 0. The summed E-state index contributed by atoms with van der Waals surface area (Å²) in [6.07, 6.45) is 2.15. The molecule has 1 aliphatic rings. The molecule has 0 aromatic carbocycles. The second kappa shape index (κ2) is 4.13. The second-order valence-corrected chi connectivity index (χ2v) is 2.78. The summed E-state index contributed by atoms with van der Waals surface area (Å²) < 4.78 is 0. The first-order chi connectivity index (χ1) is 5.29. The molecule has 0 aromatic rings. The van der Waals surface area contributed by atoms with Gasteiger partial charge in [0.1, 0.15) is 5.84 Å². The molecule has 0 atom stereocenters. The van der Waals surface area contributed by atoms with Crippen molar-refractivity contribution in [1.82, 2.24) is 5.48 Å². The molecule has 0 saturated heterocycles. The van der Waals surface area contributed by atoms with Crippen molar-refractivity contribution in [1.29, 1.82) is 0 Å². The van der Waals surface area contributed by atoms with Crippen LogP contribution in [-0.2, 0) is 4.84 Å². The van der Waals surface area contributed by atoms with E-state index in [1.165, 1.54) is 0 Å². The Balaban J connectivity index is 2.07. The Labute approximate surface area is 67.1 Å². The Hall–Kier alpha value is -0.830. The molecule has 3 heteroatoms. The maximum absolute atomic E-state index is 5.10. The summed E-state index contributed by atoms with van der Waals surface area (Å²) in [5, 5.41) is 0. The number of hydrogen-bond donors (Lipinski definition) is 1. The third-order valence-electron chi connectivity index (χ3n) is 1.38. The second-order valence-electron chi connectivity index (χ2n) is 2.78. The molecule has 0 amide bonds. The van der Waals surface area contributed by atoms with Crippen LogP contribution >= 0.6 is 0 Å². The van der Waals surface area contributed by atoms with Crippen molar-refractivity contribution in [2.45, 2.75) is 19.8 Å². The fraction of sp³-hybridized carbons (Fsp3) is 0.625. The van der Waals surface area contributed by atoms with Crippen LogP contribution in [0.25, 0.3) is 0 Å². The average molecular weight is 154 g/mol. The van der Waals surface area contributed by atoms with E-state index >= 15 is 0 Å². The third kappa shape index (κ3) is 3.18. The first-order valence-electron chi connectivity index (χ1n) is 3.84. The van der Waals surface area contributed by atoms with Crippen molar-refractivity contribution in [2.24, 2.45) is 4.99 Å². The van der Waals surface area contributed by atoms with Crippen LogP contribution in [0.4, 0.5) is 0 Å². The number of rotatable bonds is 3. The summed E-state index contributed by atoms with van der Waals surface area (Å²) in [6.45, 7) is 7.13. The van der Waals surface area contributed by atoms with Gasteiger partial charge in [0.2, 0.25) is 0 Å². The minimum atomic E-state index is 0.555. The quantitative estimate of drug-likeness (QED) is 0.490. The third-order valence-corrected chi connectivity index (χ3v) is 1.38. The average Bonchev–Trinajstić information content (AvgIpc) is 2.39. The number of nitrogens with zero attached hydrogens (tertiary/aromatic N) is 1. The van der Waals surface area contributed by atoms with E-state index in [9.17, 15) is 0 Å². The van der Waals surface area contributed by atoms with Crippen molar-refractivity contribution in [3.8, 4) is 0 Å². The van der Waals surface area contributed by atoms with E-state index in [2.05, 4.69) is 17.1 Å². The predicted octanol–water partition coefficient (Wildman–Crippen LogP) is 1.28. The van der Waals surface area contributed by atoms with Crippen molar-refractivity contribution >= 4 is 5.84 Å². The highest BCUT2D eigenvalue weighted by molar-refractivity contribution is 5.82. The van der Waals surface area contributed by atoms with Crippen LogP contribution in [0.3, 0.4) is 0 Å². The van der Waals surface area contributed by atoms with E-state index in [1.54, 1.807) is 0 Å². The Morgan fingerprint density at radius 3 is 3.18 bits per heavy atom. The van der Waals surface area contributed by atoms with E-state index in [1.807, 2.05) is 6.92 Å². The highest BCUT2D eigenvalue weighted by Crippen LogP contribution is 2.00. The van der Waals surface area contributed by atoms with Crippen LogP contribution in [0.1, 0.15) is 19.8 Å². The van der Waals surface area contributed by atoms with Crippen LogP contribution in [0.5, 0.6) is 0 Å². The fourth-order valence-electron chi connectivity index (χ4n) is 0.865. The van der Waals surface area contributed by atoms with E-state index in [0.717, 1.165) is 30.8 Å². The Morgan fingerprint density at radius 2 is 2.64 bits per heavy atom. The molecule has 1 N–H and O–H groups in total.